The van der Waals surface area contributed by atoms with Crippen molar-refractivity contribution in [3.8, 4) is 11.6 Å². The lowest BCUT2D eigenvalue weighted by atomic mass is 10.3. The number of rotatable bonds is 3. The number of aromatic nitrogens is 5. The third-order valence-electron chi connectivity index (χ3n) is 2.81. The molecule has 0 aliphatic heterocycles. The number of halogens is 2. The molecule has 0 aliphatic rings. The van der Waals surface area contributed by atoms with E-state index in [1.54, 1.807) is 11.8 Å². The summed E-state index contributed by atoms with van der Waals surface area (Å²) in [5.74, 6) is 1.35. The van der Waals surface area contributed by atoms with Gasteiger partial charge in [0.1, 0.15) is 16.4 Å². The maximum absolute atomic E-state index is 6.16. The fourth-order valence-electron chi connectivity index (χ4n) is 1.81. The van der Waals surface area contributed by atoms with Gasteiger partial charge in [-0.15, -0.1) is 5.10 Å². The van der Waals surface area contributed by atoms with Crippen LogP contribution in [-0.4, -0.2) is 38.3 Å². The quantitative estimate of drug-likeness (QED) is 0.274. The van der Waals surface area contributed by atoms with E-state index < -0.39 is 0 Å². The molecule has 0 fully saturated rings. The smallest absolute Gasteiger partial charge is 0.190 e. The average molecular weight is 434 g/mol. The van der Waals surface area contributed by atoms with Gasteiger partial charge in [-0.1, -0.05) is 28.6 Å². The fraction of sp³-hybridized carbons (Fsp3) is 0.167. The maximum Gasteiger partial charge on any atom is 0.190 e. The molecule has 0 bridgehead atoms. The Bertz CT molecular complexity index is 825. The molecule has 0 radical (unpaired) electrons. The summed E-state index contributed by atoms with van der Waals surface area (Å²) in [6.45, 7) is 0. The lowest BCUT2D eigenvalue weighted by Gasteiger charge is -2.07. The number of benzene rings is 1. The number of fused-ring (bicyclic) bond motifs is 1. The van der Waals surface area contributed by atoms with Crippen molar-refractivity contribution < 1.29 is 4.74 Å². The van der Waals surface area contributed by atoms with Gasteiger partial charge in [0.05, 0.1) is 16.2 Å². The van der Waals surface area contributed by atoms with Crippen LogP contribution in [0, 0.1) is 3.57 Å². The molecular weight excluding hydrogens is 425 g/mol. The van der Waals surface area contributed by atoms with Crippen LogP contribution in [0.5, 0.6) is 5.75 Å². The molecule has 0 saturated heterocycles. The minimum atomic E-state index is 0.405. The van der Waals surface area contributed by atoms with Gasteiger partial charge in [0.2, 0.25) is 0 Å². The van der Waals surface area contributed by atoms with E-state index in [-0.39, 0.29) is 0 Å². The van der Waals surface area contributed by atoms with Crippen LogP contribution >= 0.6 is 46.0 Å². The van der Waals surface area contributed by atoms with Gasteiger partial charge in [-0.3, -0.25) is 0 Å². The first kappa shape index (κ1) is 14.8. The van der Waals surface area contributed by atoms with Crippen LogP contribution in [0.3, 0.4) is 0 Å². The van der Waals surface area contributed by atoms with E-state index in [1.165, 1.54) is 11.8 Å². The van der Waals surface area contributed by atoms with E-state index in [0.29, 0.717) is 16.1 Å². The van der Waals surface area contributed by atoms with Crippen LogP contribution < -0.4 is 4.74 Å². The molecule has 21 heavy (non-hydrogen) atoms. The molecule has 3 aromatic rings. The van der Waals surface area contributed by atoms with Crippen LogP contribution in [0.25, 0.3) is 16.9 Å². The monoisotopic (exact) mass is 433 g/mol. The molecule has 2 heterocycles. The first-order valence-corrected chi connectivity index (χ1v) is 8.49. The van der Waals surface area contributed by atoms with Crippen molar-refractivity contribution >= 4 is 57.0 Å². The van der Waals surface area contributed by atoms with Crippen LogP contribution in [0.4, 0.5) is 0 Å². The van der Waals surface area contributed by atoms with Crippen molar-refractivity contribution in [3.63, 3.8) is 0 Å². The normalized spacial score (nSPS) is 11.0. The summed E-state index contributed by atoms with van der Waals surface area (Å²) < 4.78 is 7.58. The minimum absolute atomic E-state index is 0.405. The predicted molar refractivity (Wildman–Crippen MR) is 90.5 cm³/mol. The van der Waals surface area contributed by atoms with Crippen LogP contribution in [0.15, 0.2) is 23.4 Å². The molecule has 6 nitrogen and oxygen atoms in total. The topological polar surface area (TPSA) is 65.7 Å². The fourth-order valence-corrected chi connectivity index (χ4v) is 2.85. The lowest BCUT2D eigenvalue weighted by molar-refractivity contribution is 0.415. The molecule has 0 unspecified atom stereocenters. The third-order valence-corrected chi connectivity index (χ3v) is 4.94. The van der Waals surface area contributed by atoms with Gasteiger partial charge in [0.15, 0.2) is 11.0 Å². The van der Waals surface area contributed by atoms with E-state index >= 15 is 0 Å². The van der Waals surface area contributed by atoms with E-state index in [4.69, 9.17) is 16.3 Å². The molecule has 0 N–H and O–H groups in total. The van der Waals surface area contributed by atoms with Crippen LogP contribution in [0.2, 0.25) is 5.15 Å². The van der Waals surface area contributed by atoms with Gasteiger partial charge in [0.25, 0.3) is 0 Å². The molecule has 3 rings (SSSR count). The zero-order chi connectivity index (χ0) is 15.0. The number of thioether (sulfide) groups is 1. The van der Waals surface area contributed by atoms with E-state index in [0.717, 1.165) is 20.4 Å². The molecule has 0 atom stereocenters. The largest absolute Gasteiger partial charge is 0.497 e. The summed E-state index contributed by atoms with van der Waals surface area (Å²) in [7, 11) is 1.61. The van der Waals surface area contributed by atoms with Gasteiger partial charge < -0.3 is 4.74 Å². The Kier molecular flexibility index (Phi) is 4.18. The lowest BCUT2D eigenvalue weighted by Crippen LogP contribution is -2.05. The van der Waals surface area contributed by atoms with E-state index in [2.05, 4.69) is 42.9 Å². The summed E-state index contributed by atoms with van der Waals surface area (Å²) in [6, 6.07) is 5.57. The number of nitrogens with zero attached hydrogens (tertiary/aromatic N) is 5. The second kappa shape index (κ2) is 5.93. The number of ether oxygens (including phenoxy) is 1. The number of hydrogen-bond donors (Lipinski definition) is 0. The Hall–Kier alpha value is -1.13. The van der Waals surface area contributed by atoms with Crippen molar-refractivity contribution in [1.29, 1.82) is 0 Å². The summed E-state index contributed by atoms with van der Waals surface area (Å²) in [5, 5.41) is 9.31. The summed E-state index contributed by atoms with van der Waals surface area (Å²) >= 11 is 9.69. The Morgan fingerprint density at radius 2 is 2.14 bits per heavy atom. The molecule has 0 aliphatic carbocycles. The molecule has 1 aromatic carbocycles. The molecule has 0 amide bonds. The second-order valence-electron chi connectivity index (χ2n) is 3.99. The van der Waals surface area contributed by atoms with Gasteiger partial charge >= 0.3 is 0 Å². The molecule has 0 spiro atoms. The molecule has 0 saturated carbocycles. The summed E-state index contributed by atoms with van der Waals surface area (Å²) in [6.07, 6.45) is 1.90. The van der Waals surface area contributed by atoms with Crippen LogP contribution in [0.1, 0.15) is 0 Å². The van der Waals surface area contributed by atoms with Gasteiger partial charge in [-0.25, -0.2) is 9.97 Å². The third kappa shape index (κ3) is 2.67. The maximum atomic E-state index is 6.16. The highest BCUT2D eigenvalue weighted by Gasteiger charge is 2.16. The van der Waals surface area contributed by atoms with E-state index in [1.807, 2.05) is 24.5 Å². The minimum Gasteiger partial charge on any atom is -0.497 e. The Labute approximate surface area is 143 Å². The molecule has 2 aromatic heterocycles. The standard InChI is InChI=1S/C12H9ClIN5OS/c1-20-6-3-4-8-7(5-6)17-18-19(8)11-9(14)10(13)15-12(16-11)21-2/h3-5H,1-2H3. The van der Waals surface area contributed by atoms with Gasteiger partial charge in [-0.2, -0.15) is 4.68 Å². The van der Waals surface area contributed by atoms with Crippen LogP contribution in [-0.2, 0) is 0 Å². The first-order valence-electron chi connectivity index (χ1n) is 5.81. The SMILES string of the molecule is COc1ccc2c(c1)nnn2-c1nc(SC)nc(Cl)c1I. The molecular formula is C12H9ClIN5OS. The predicted octanol–water partition coefficient (Wildman–Crippen LogP) is 3.20. The highest BCUT2D eigenvalue weighted by atomic mass is 127. The highest BCUT2D eigenvalue weighted by Crippen LogP contribution is 2.27. The van der Waals surface area contributed by atoms with Gasteiger partial charge in [0, 0.05) is 6.07 Å². The van der Waals surface area contributed by atoms with Gasteiger partial charge in [-0.05, 0) is 41.0 Å². The molecule has 108 valence electrons. The summed E-state index contributed by atoms with van der Waals surface area (Å²) in [5.41, 5.74) is 1.56. The van der Waals surface area contributed by atoms with Crippen molar-refractivity contribution in [2.75, 3.05) is 13.4 Å². The zero-order valence-corrected chi connectivity index (χ0v) is 14.8. The van der Waals surface area contributed by atoms with Crippen molar-refractivity contribution in [3.05, 3.63) is 26.9 Å². The Balaban J connectivity index is 2.23. The average Bonchev–Trinajstić information content (AvgIpc) is 2.92. The zero-order valence-electron chi connectivity index (χ0n) is 11.0. The highest BCUT2D eigenvalue weighted by molar-refractivity contribution is 14.1. The number of hydrogen-bond acceptors (Lipinski definition) is 6. The van der Waals surface area contributed by atoms with Crippen molar-refractivity contribution in [2.45, 2.75) is 5.16 Å². The summed E-state index contributed by atoms with van der Waals surface area (Å²) in [4.78, 5) is 8.67. The molecule has 9 heteroatoms. The second-order valence-corrected chi connectivity index (χ2v) is 6.20. The van der Waals surface area contributed by atoms with Crippen molar-refractivity contribution in [2.24, 2.45) is 0 Å². The first-order chi connectivity index (χ1) is 10.1. The van der Waals surface area contributed by atoms with Crippen molar-refractivity contribution in [1.82, 2.24) is 25.0 Å². The Morgan fingerprint density at radius 1 is 1.33 bits per heavy atom. The number of methoxy groups -OCH3 is 1. The Morgan fingerprint density at radius 3 is 2.86 bits per heavy atom. The van der Waals surface area contributed by atoms with E-state index in [9.17, 15) is 0 Å².